The highest BCUT2D eigenvalue weighted by atomic mass is 35.5. The Kier molecular flexibility index (Phi) is 9.85. The summed E-state index contributed by atoms with van der Waals surface area (Å²) in [5, 5.41) is 16.9. The summed E-state index contributed by atoms with van der Waals surface area (Å²) in [6, 6.07) is 9.76. The fourth-order valence-corrected chi connectivity index (χ4v) is 4.21. The maximum Gasteiger partial charge on any atom is 0.251 e. The Labute approximate surface area is 205 Å². The third-order valence-electron chi connectivity index (χ3n) is 5.80. The number of hydrogen-bond donors (Lipinski definition) is 3. The van der Waals surface area contributed by atoms with Crippen molar-refractivity contribution in [2.75, 3.05) is 32.7 Å². The molecule has 6 nitrogen and oxygen atoms in total. The first-order valence-corrected chi connectivity index (χ1v) is 12.3. The van der Waals surface area contributed by atoms with Crippen LogP contribution in [-0.4, -0.2) is 54.5 Å². The lowest BCUT2D eigenvalue weighted by Crippen LogP contribution is -2.33. The minimum atomic E-state index is -0.212. The average molecular weight is 492 g/mol. The maximum absolute atomic E-state index is 12.5. The minimum absolute atomic E-state index is 0.0589. The molecule has 1 saturated heterocycles. The van der Waals surface area contributed by atoms with Crippen molar-refractivity contribution in [3.8, 4) is 16.9 Å². The highest BCUT2D eigenvalue weighted by Crippen LogP contribution is 2.34. The summed E-state index contributed by atoms with van der Waals surface area (Å²) in [6.07, 6.45) is 5.49. The van der Waals surface area contributed by atoms with Crippen LogP contribution in [0.3, 0.4) is 0 Å². The number of likely N-dealkylation sites (tertiary alicyclic amines) is 1. The van der Waals surface area contributed by atoms with E-state index in [-0.39, 0.29) is 17.6 Å². The predicted octanol–water partition coefficient (Wildman–Crippen LogP) is 4.87. The number of rotatable bonds is 11. The molecule has 178 valence electrons. The van der Waals surface area contributed by atoms with E-state index in [0.717, 1.165) is 38.9 Å². The number of benzene rings is 2. The zero-order valence-electron chi connectivity index (χ0n) is 18.7. The third kappa shape index (κ3) is 7.91. The highest BCUT2D eigenvalue weighted by Gasteiger charge is 2.13. The molecule has 1 heterocycles. The summed E-state index contributed by atoms with van der Waals surface area (Å²) in [6.45, 7) is 4.46. The normalized spacial score (nSPS) is 13.8. The first kappa shape index (κ1) is 25.3. The van der Waals surface area contributed by atoms with Crippen molar-refractivity contribution in [2.24, 2.45) is 0 Å². The summed E-state index contributed by atoms with van der Waals surface area (Å²) in [4.78, 5) is 26.8. The van der Waals surface area contributed by atoms with Gasteiger partial charge < -0.3 is 20.6 Å². The van der Waals surface area contributed by atoms with Gasteiger partial charge in [0, 0.05) is 37.2 Å². The van der Waals surface area contributed by atoms with Crippen LogP contribution < -0.4 is 10.6 Å². The van der Waals surface area contributed by atoms with Gasteiger partial charge in [0.25, 0.3) is 5.91 Å². The number of hydrogen-bond acceptors (Lipinski definition) is 4. The summed E-state index contributed by atoms with van der Waals surface area (Å²) in [5.41, 5.74) is 1.64. The van der Waals surface area contributed by atoms with Crippen LogP contribution in [0.25, 0.3) is 11.1 Å². The topological polar surface area (TPSA) is 81.7 Å². The van der Waals surface area contributed by atoms with Gasteiger partial charge in [-0.25, -0.2) is 0 Å². The Bertz CT molecular complexity index is 962. The Morgan fingerprint density at radius 1 is 0.909 bits per heavy atom. The second kappa shape index (κ2) is 12.8. The molecule has 0 aliphatic carbocycles. The SMILES string of the molecule is O=C(CCCCCNC(=O)c1ccc(O)c(-c2ccc(Cl)c(Cl)c2)c1)NCCN1CCCC1. The molecular formula is C25H31Cl2N3O3. The van der Waals surface area contributed by atoms with Crippen LogP contribution in [0.1, 0.15) is 48.9 Å². The molecule has 3 N–H and O–H groups in total. The lowest BCUT2D eigenvalue weighted by atomic mass is 10.0. The lowest BCUT2D eigenvalue weighted by molar-refractivity contribution is -0.121. The van der Waals surface area contributed by atoms with Gasteiger partial charge in [0.1, 0.15) is 5.75 Å². The molecule has 0 aromatic heterocycles. The van der Waals surface area contributed by atoms with Gasteiger partial charge in [-0.05, 0) is 74.7 Å². The van der Waals surface area contributed by atoms with E-state index in [4.69, 9.17) is 23.2 Å². The first-order valence-electron chi connectivity index (χ1n) is 11.5. The summed E-state index contributed by atoms with van der Waals surface area (Å²) < 4.78 is 0. The second-order valence-corrected chi connectivity index (χ2v) is 9.14. The van der Waals surface area contributed by atoms with E-state index in [1.165, 1.54) is 18.9 Å². The van der Waals surface area contributed by atoms with Crippen molar-refractivity contribution in [3.05, 3.63) is 52.0 Å². The molecular weight excluding hydrogens is 461 g/mol. The molecule has 0 spiro atoms. The largest absolute Gasteiger partial charge is 0.507 e. The summed E-state index contributed by atoms with van der Waals surface area (Å²) >= 11 is 12.0. The van der Waals surface area contributed by atoms with Crippen LogP contribution in [0.2, 0.25) is 10.0 Å². The van der Waals surface area contributed by atoms with Gasteiger partial charge in [0.15, 0.2) is 0 Å². The number of unbranched alkanes of at least 4 members (excludes halogenated alkanes) is 2. The Morgan fingerprint density at radius 3 is 2.45 bits per heavy atom. The smallest absolute Gasteiger partial charge is 0.251 e. The second-order valence-electron chi connectivity index (χ2n) is 8.33. The van der Waals surface area contributed by atoms with Gasteiger partial charge in [-0.1, -0.05) is 35.7 Å². The number of phenols is 1. The van der Waals surface area contributed by atoms with E-state index >= 15 is 0 Å². The van der Waals surface area contributed by atoms with Crippen LogP contribution in [0, 0.1) is 0 Å². The molecule has 2 aromatic carbocycles. The quantitative estimate of drug-likeness (QED) is 0.391. The van der Waals surface area contributed by atoms with Crippen LogP contribution in [0.5, 0.6) is 5.75 Å². The van der Waals surface area contributed by atoms with Crippen molar-refractivity contribution in [1.29, 1.82) is 0 Å². The van der Waals surface area contributed by atoms with Gasteiger partial charge in [0.2, 0.25) is 5.91 Å². The molecule has 0 saturated carbocycles. The molecule has 0 unspecified atom stereocenters. The monoisotopic (exact) mass is 491 g/mol. The van der Waals surface area contributed by atoms with Crippen molar-refractivity contribution in [1.82, 2.24) is 15.5 Å². The molecule has 0 atom stereocenters. The molecule has 2 amide bonds. The van der Waals surface area contributed by atoms with Gasteiger partial charge >= 0.3 is 0 Å². The standard InChI is InChI=1S/C25H31Cl2N3O3/c26-21-9-7-18(17-22(21)27)20-16-19(8-10-23(20)31)25(33)29-11-3-1-2-6-24(32)28-12-15-30-13-4-5-14-30/h7-10,16-17,31H,1-6,11-15H2,(H,28,32)(H,29,33). The van der Waals surface area contributed by atoms with Gasteiger partial charge in [-0.15, -0.1) is 0 Å². The number of aromatic hydroxyl groups is 1. The van der Waals surface area contributed by atoms with Crippen molar-refractivity contribution in [2.45, 2.75) is 38.5 Å². The fourth-order valence-electron chi connectivity index (χ4n) is 3.91. The van der Waals surface area contributed by atoms with E-state index in [9.17, 15) is 14.7 Å². The van der Waals surface area contributed by atoms with Crippen molar-refractivity contribution in [3.63, 3.8) is 0 Å². The zero-order chi connectivity index (χ0) is 23.6. The molecule has 1 aliphatic heterocycles. The Balaban J connectivity index is 1.36. The number of carbonyl (C=O) groups excluding carboxylic acids is 2. The maximum atomic E-state index is 12.5. The molecule has 2 aromatic rings. The molecule has 0 radical (unpaired) electrons. The van der Waals surface area contributed by atoms with E-state index in [2.05, 4.69) is 15.5 Å². The predicted molar refractivity (Wildman–Crippen MR) is 133 cm³/mol. The third-order valence-corrected chi connectivity index (χ3v) is 6.54. The zero-order valence-corrected chi connectivity index (χ0v) is 20.2. The van der Waals surface area contributed by atoms with Gasteiger partial charge in [-0.2, -0.15) is 0 Å². The van der Waals surface area contributed by atoms with Gasteiger partial charge in [-0.3, -0.25) is 9.59 Å². The van der Waals surface area contributed by atoms with Crippen molar-refractivity contribution >= 4 is 35.0 Å². The highest BCUT2D eigenvalue weighted by molar-refractivity contribution is 6.42. The number of amides is 2. The van der Waals surface area contributed by atoms with E-state index in [0.29, 0.717) is 46.2 Å². The molecule has 8 heteroatoms. The summed E-state index contributed by atoms with van der Waals surface area (Å²) in [5.74, 6) is -0.0585. The number of halogens is 2. The average Bonchev–Trinajstić information content (AvgIpc) is 3.32. The first-order chi connectivity index (χ1) is 15.9. The minimum Gasteiger partial charge on any atom is -0.507 e. The molecule has 3 rings (SSSR count). The van der Waals surface area contributed by atoms with E-state index in [1.54, 1.807) is 30.3 Å². The summed E-state index contributed by atoms with van der Waals surface area (Å²) in [7, 11) is 0. The Hall–Kier alpha value is -2.28. The van der Waals surface area contributed by atoms with Crippen LogP contribution >= 0.6 is 23.2 Å². The van der Waals surface area contributed by atoms with E-state index < -0.39 is 0 Å². The fraction of sp³-hybridized carbons (Fsp3) is 0.440. The van der Waals surface area contributed by atoms with Crippen LogP contribution in [0.4, 0.5) is 0 Å². The van der Waals surface area contributed by atoms with E-state index in [1.807, 2.05) is 0 Å². The number of nitrogens with zero attached hydrogens (tertiary/aromatic N) is 1. The number of phenolic OH excluding ortho intramolecular Hbond substituents is 1. The van der Waals surface area contributed by atoms with Crippen molar-refractivity contribution < 1.29 is 14.7 Å². The van der Waals surface area contributed by atoms with Crippen LogP contribution in [-0.2, 0) is 4.79 Å². The lowest BCUT2D eigenvalue weighted by Gasteiger charge is -2.14. The molecule has 1 fully saturated rings. The molecule has 1 aliphatic rings. The number of nitrogens with one attached hydrogen (secondary N) is 2. The molecule has 33 heavy (non-hydrogen) atoms. The number of carbonyl (C=O) groups is 2. The Morgan fingerprint density at radius 2 is 1.70 bits per heavy atom. The van der Waals surface area contributed by atoms with Gasteiger partial charge in [0.05, 0.1) is 10.0 Å². The van der Waals surface area contributed by atoms with Crippen LogP contribution in [0.15, 0.2) is 36.4 Å². The molecule has 0 bridgehead atoms.